The highest BCUT2D eigenvalue weighted by molar-refractivity contribution is 5.77. The highest BCUT2D eigenvalue weighted by Crippen LogP contribution is 2.44. The van der Waals surface area contributed by atoms with Gasteiger partial charge in [-0.15, -0.1) is 0 Å². The molecule has 2 saturated carbocycles. The summed E-state index contributed by atoms with van der Waals surface area (Å²) in [6, 6.07) is 0.471. The van der Waals surface area contributed by atoms with Crippen molar-refractivity contribution < 1.29 is 9.53 Å². The SMILES string of the molecule is O=C(CC1CNCCO1)NC(C1CC1)C1CC1. The third-order valence-corrected chi connectivity index (χ3v) is 4.00. The minimum absolute atomic E-state index is 0.0720. The lowest BCUT2D eigenvalue weighted by Gasteiger charge is -2.24. The number of carbonyl (C=O) groups excluding carboxylic acids is 1. The number of hydrogen-bond donors (Lipinski definition) is 2. The topological polar surface area (TPSA) is 50.4 Å². The lowest BCUT2D eigenvalue weighted by atomic mass is 10.1. The Kier molecular flexibility index (Phi) is 3.34. The smallest absolute Gasteiger partial charge is 0.222 e. The monoisotopic (exact) mass is 238 g/mol. The second-order valence-electron chi connectivity index (χ2n) is 5.67. The summed E-state index contributed by atoms with van der Waals surface area (Å²) >= 11 is 0. The van der Waals surface area contributed by atoms with Gasteiger partial charge in [0.15, 0.2) is 0 Å². The summed E-state index contributed by atoms with van der Waals surface area (Å²) in [5.74, 6) is 1.73. The summed E-state index contributed by atoms with van der Waals surface area (Å²) in [6.07, 6.45) is 5.82. The predicted molar refractivity (Wildman–Crippen MR) is 64.6 cm³/mol. The number of ether oxygens (including phenoxy) is 1. The van der Waals surface area contributed by atoms with Crippen molar-refractivity contribution in [2.45, 2.75) is 44.2 Å². The maximum absolute atomic E-state index is 12.0. The molecule has 17 heavy (non-hydrogen) atoms. The first-order valence-electron chi connectivity index (χ1n) is 6.94. The Labute approximate surface area is 102 Å². The highest BCUT2D eigenvalue weighted by Gasteiger charge is 2.42. The zero-order valence-corrected chi connectivity index (χ0v) is 10.3. The van der Waals surface area contributed by atoms with Gasteiger partial charge in [0.05, 0.1) is 19.1 Å². The minimum Gasteiger partial charge on any atom is -0.375 e. The van der Waals surface area contributed by atoms with E-state index in [1.807, 2.05) is 0 Å². The fraction of sp³-hybridized carbons (Fsp3) is 0.923. The van der Waals surface area contributed by atoms with E-state index in [2.05, 4.69) is 10.6 Å². The fourth-order valence-electron chi connectivity index (χ4n) is 2.73. The lowest BCUT2D eigenvalue weighted by molar-refractivity contribution is -0.125. The van der Waals surface area contributed by atoms with Crippen LogP contribution in [0.1, 0.15) is 32.1 Å². The average Bonchev–Trinajstić information content (AvgIpc) is 3.19. The van der Waals surface area contributed by atoms with Crippen LogP contribution in [0.25, 0.3) is 0 Å². The average molecular weight is 238 g/mol. The van der Waals surface area contributed by atoms with Crippen LogP contribution in [0.3, 0.4) is 0 Å². The summed E-state index contributed by atoms with van der Waals surface area (Å²) in [6.45, 7) is 2.45. The second kappa shape index (κ2) is 4.94. The first-order chi connectivity index (χ1) is 8.33. The number of rotatable bonds is 5. The normalized spacial score (nSPS) is 29.4. The van der Waals surface area contributed by atoms with E-state index in [0.29, 0.717) is 12.5 Å². The Morgan fingerprint density at radius 1 is 1.29 bits per heavy atom. The fourth-order valence-corrected chi connectivity index (χ4v) is 2.73. The largest absolute Gasteiger partial charge is 0.375 e. The van der Waals surface area contributed by atoms with Gasteiger partial charge in [-0.1, -0.05) is 0 Å². The highest BCUT2D eigenvalue weighted by atomic mass is 16.5. The molecule has 4 heteroatoms. The molecule has 0 aromatic carbocycles. The van der Waals surface area contributed by atoms with E-state index < -0.39 is 0 Å². The molecule has 0 bridgehead atoms. The maximum Gasteiger partial charge on any atom is 0.222 e. The Balaban J connectivity index is 1.44. The molecule has 1 aliphatic heterocycles. The van der Waals surface area contributed by atoms with Gasteiger partial charge in [0.25, 0.3) is 0 Å². The van der Waals surface area contributed by atoms with Gasteiger partial charge in [-0.05, 0) is 37.5 Å². The summed E-state index contributed by atoms with van der Waals surface area (Å²) in [4.78, 5) is 12.0. The van der Waals surface area contributed by atoms with Crippen molar-refractivity contribution in [3.8, 4) is 0 Å². The van der Waals surface area contributed by atoms with E-state index in [-0.39, 0.29) is 12.0 Å². The van der Waals surface area contributed by atoms with Crippen molar-refractivity contribution in [3.05, 3.63) is 0 Å². The molecule has 3 fully saturated rings. The number of carbonyl (C=O) groups is 1. The van der Waals surface area contributed by atoms with Crippen molar-refractivity contribution >= 4 is 5.91 Å². The second-order valence-corrected chi connectivity index (χ2v) is 5.67. The molecule has 2 N–H and O–H groups in total. The van der Waals surface area contributed by atoms with Crippen LogP contribution in [0.2, 0.25) is 0 Å². The van der Waals surface area contributed by atoms with Gasteiger partial charge < -0.3 is 15.4 Å². The first kappa shape index (κ1) is 11.5. The van der Waals surface area contributed by atoms with E-state index in [1.54, 1.807) is 0 Å². The summed E-state index contributed by atoms with van der Waals surface area (Å²) < 4.78 is 5.56. The van der Waals surface area contributed by atoms with Gasteiger partial charge in [0.2, 0.25) is 5.91 Å². The number of hydrogen-bond acceptors (Lipinski definition) is 3. The van der Waals surface area contributed by atoms with E-state index in [9.17, 15) is 4.79 Å². The third-order valence-electron chi connectivity index (χ3n) is 4.00. The minimum atomic E-state index is 0.0720. The summed E-state index contributed by atoms with van der Waals surface area (Å²) in [5, 5.41) is 6.50. The van der Waals surface area contributed by atoms with Crippen LogP contribution in [-0.2, 0) is 9.53 Å². The molecule has 0 spiro atoms. The van der Waals surface area contributed by atoms with Crippen molar-refractivity contribution in [1.29, 1.82) is 0 Å². The molecule has 0 radical (unpaired) electrons. The van der Waals surface area contributed by atoms with Crippen LogP contribution in [0, 0.1) is 11.8 Å². The number of nitrogens with one attached hydrogen (secondary N) is 2. The summed E-state index contributed by atoms with van der Waals surface area (Å²) in [5.41, 5.74) is 0. The van der Waals surface area contributed by atoms with Crippen molar-refractivity contribution in [3.63, 3.8) is 0 Å². The molecule has 3 aliphatic rings. The predicted octanol–water partition coefficient (Wildman–Crippen LogP) is 0.670. The van der Waals surface area contributed by atoms with Crippen LogP contribution in [0.15, 0.2) is 0 Å². The molecule has 4 nitrogen and oxygen atoms in total. The lowest BCUT2D eigenvalue weighted by Crippen LogP contribution is -2.44. The van der Waals surface area contributed by atoms with Crippen molar-refractivity contribution in [2.24, 2.45) is 11.8 Å². The van der Waals surface area contributed by atoms with Crippen molar-refractivity contribution in [2.75, 3.05) is 19.7 Å². The Bertz CT molecular complexity index is 269. The van der Waals surface area contributed by atoms with E-state index in [4.69, 9.17) is 4.74 Å². The molecule has 0 aromatic heterocycles. The zero-order chi connectivity index (χ0) is 11.7. The molecule has 1 saturated heterocycles. The van der Waals surface area contributed by atoms with E-state index in [0.717, 1.165) is 31.5 Å². The van der Waals surface area contributed by atoms with Gasteiger partial charge in [0.1, 0.15) is 0 Å². The van der Waals surface area contributed by atoms with Crippen LogP contribution < -0.4 is 10.6 Å². The van der Waals surface area contributed by atoms with Gasteiger partial charge in [-0.25, -0.2) is 0 Å². The zero-order valence-electron chi connectivity index (χ0n) is 10.3. The van der Waals surface area contributed by atoms with Gasteiger partial charge in [0, 0.05) is 19.1 Å². The Morgan fingerprint density at radius 3 is 2.53 bits per heavy atom. The van der Waals surface area contributed by atoms with Crippen molar-refractivity contribution in [1.82, 2.24) is 10.6 Å². The molecular weight excluding hydrogens is 216 g/mol. The van der Waals surface area contributed by atoms with Gasteiger partial charge >= 0.3 is 0 Å². The Morgan fingerprint density at radius 2 is 2.00 bits per heavy atom. The quantitative estimate of drug-likeness (QED) is 0.740. The Hall–Kier alpha value is -0.610. The maximum atomic E-state index is 12.0. The molecule has 1 unspecified atom stereocenters. The van der Waals surface area contributed by atoms with E-state index >= 15 is 0 Å². The van der Waals surface area contributed by atoms with Gasteiger partial charge in [-0.2, -0.15) is 0 Å². The molecule has 2 aliphatic carbocycles. The standard InChI is InChI=1S/C13H22N2O2/c16-12(7-11-8-14-5-6-17-11)15-13(9-1-2-9)10-3-4-10/h9-11,13-14H,1-8H2,(H,15,16). The number of amides is 1. The molecule has 96 valence electrons. The third kappa shape index (κ3) is 3.19. The van der Waals surface area contributed by atoms with Crippen LogP contribution >= 0.6 is 0 Å². The molecular formula is C13H22N2O2. The van der Waals surface area contributed by atoms with E-state index in [1.165, 1.54) is 25.7 Å². The molecule has 1 heterocycles. The summed E-state index contributed by atoms with van der Waals surface area (Å²) in [7, 11) is 0. The molecule has 3 rings (SSSR count). The molecule has 1 atom stereocenters. The van der Waals surface area contributed by atoms with Gasteiger partial charge in [-0.3, -0.25) is 4.79 Å². The first-order valence-corrected chi connectivity index (χ1v) is 6.94. The van der Waals surface area contributed by atoms with Crippen LogP contribution in [0.5, 0.6) is 0 Å². The molecule has 0 aromatic rings. The van der Waals surface area contributed by atoms with Crippen LogP contribution in [0.4, 0.5) is 0 Å². The van der Waals surface area contributed by atoms with Crippen LogP contribution in [-0.4, -0.2) is 37.7 Å². The molecule has 1 amide bonds. The number of morpholine rings is 1.